The van der Waals surface area contributed by atoms with Crippen LogP contribution >= 0.6 is 0 Å². The number of hydrogen-bond acceptors (Lipinski definition) is 5. The number of nitrogens with two attached hydrogens (primary N) is 1. The van der Waals surface area contributed by atoms with E-state index in [1.807, 2.05) is 37.9 Å². The first-order valence-electron chi connectivity index (χ1n) is 6.37. The molecule has 0 aliphatic rings. The lowest BCUT2D eigenvalue weighted by Crippen LogP contribution is -2.31. The van der Waals surface area contributed by atoms with Gasteiger partial charge in [0.05, 0.1) is 18.8 Å². The topological polar surface area (TPSA) is 68.0 Å². The maximum Gasteiger partial charge on any atom is 0.123 e. The molecule has 0 saturated carbocycles. The number of aliphatic hydroxyl groups is 1. The molecule has 0 amide bonds. The maximum absolute atomic E-state index is 9.74. The summed E-state index contributed by atoms with van der Waals surface area (Å²) >= 11 is 0. The largest absolute Gasteiger partial charge is 0.491 e. The molecule has 1 aromatic rings. The van der Waals surface area contributed by atoms with Crippen LogP contribution in [-0.2, 0) is 4.74 Å². The number of hydrogen-bond donors (Lipinski definition) is 2. The molecule has 5 heteroatoms. The van der Waals surface area contributed by atoms with Gasteiger partial charge < -0.3 is 25.2 Å². The molecule has 1 atom stereocenters. The van der Waals surface area contributed by atoms with Gasteiger partial charge in [-0.15, -0.1) is 0 Å². The Morgan fingerprint density at radius 3 is 2.58 bits per heavy atom. The van der Waals surface area contributed by atoms with E-state index in [1.165, 1.54) is 0 Å². The van der Waals surface area contributed by atoms with Crippen LogP contribution in [0.1, 0.15) is 13.8 Å². The van der Waals surface area contributed by atoms with Gasteiger partial charge in [-0.2, -0.15) is 0 Å². The summed E-state index contributed by atoms with van der Waals surface area (Å²) in [4.78, 5) is 1.92. The molecule has 0 aliphatic carbocycles. The fourth-order valence-electron chi connectivity index (χ4n) is 1.83. The first-order valence-corrected chi connectivity index (χ1v) is 6.37. The fourth-order valence-corrected chi connectivity index (χ4v) is 1.83. The lowest BCUT2D eigenvalue weighted by Gasteiger charge is -2.23. The number of likely N-dealkylation sites (N-methyl/N-ethyl adjacent to an activating group) is 1. The number of methoxy groups -OCH3 is 1. The lowest BCUT2D eigenvalue weighted by atomic mass is 10.2. The molecule has 0 heterocycles. The Kier molecular flexibility index (Phi) is 5.92. The van der Waals surface area contributed by atoms with E-state index in [-0.39, 0.29) is 6.10 Å². The summed E-state index contributed by atoms with van der Waals surface area (Å²) in [5, 5.41) is 9.74. The highest BCUT2D eigenvalue weighted by atomic mass is 16.5. The van der Waals surface area contributed by atoms with Gasteiger partial charge in [-0.1, -0.05) is 0 Å². The first kappa shape index (κ1) is 15.6. The Balaban J connectivity index is 2.78. The third-order valence-corrected chi connectivity index (χ3v) is 2.57. The highest BCUT2D eigenvalue weighted by molar-refractivity contribution is 5.60. The van der Waals surface area contributed by atoms with E-state index < -0.39 is 6.10 Å². The molecule has 1 rings (SSSR count). The molecule has 5 nitrogen and oxygen atoms in total. The van der Waals surface area contributed by atoms with Crippen LogP contribution in [0.5, 0.6) is 5.75 Å². The lowest BCUT2D eigenvalue weighted by molar-refractivity contribution is 0.0695. The van der Waals surface area contributed by atoms with Crippen LogP contribution in [0.4, 0.5) is 11.4 Å². The number of nitrogens with zero attached hydrogens (tertiary/aromatic N) is 1. The smallest absolute Gasteiger partial charge is 0.123 e. The Labute approximate surface area is 114 Å². The summed E-state index contributed by atoms with van der Waals surface area (Å²) in [6.07, 6.45) is -0.440. The van der Waals surface area contributed by atoms with Crippen LogP contribution in [0.25, 0.3) is 0 Å². The molecule has 1 unspecified atom stereocenters. The minimum absolute atomic E-state index is 0.0963. The van der Waals surface area contributed by atoms with Gasteiger partial charge in [0, 0.05) is 44.2 Å². The third-order valence-electron chi connectivity index (χ3n) is 2.57. The monoisotopic (exact) mass is 268 g/mol. The third kappa shape index (κ3) is 5.36. The molecule has 0 aromatic heterocycles. The minimum atomic E-state index is -0.536. The quantitative estimate of drug-likeness (QED) is 0.734. The zero-order valence-electron chi connectivity index (χ0n) is 12.1. The van der Waals surface area contributed by atoms with Crippen LogP contribution in [0.3, 0.4) is 0 Å². The number of nitrogen functional groups attached to an aromatic ring is 1. The molecule has 0 fully saturated rings. The Bertz CT molecular complexity index is 396. The summed E-state index contributed by atoms with van der Waals surface area (Å²) in [5.41, 5.74) is 7.42. The van der Waals surface area contributed by atoms with Crippen molar-refractivity contribution in [2.45, 2.75) is 26.1 Å². The number of ether oxygens (including phenoxy) is 2. The second-order valence-electron chi connectivity index (χ2n) is 4.92. The fraction of sp³-hybridized carbons (Fsp3) is 0.571. The van der Waals surface area contributed by atoms with Gasteiger partial charge in [-0.3, -0.25) is 0 Å². The van der Waals surface area contributed by atoms with Crippen LogP contribution in [0, 0.1) is 0 Å². The molecule has 3 N–H and O–H groups in total. The van der Waals surface area contributed by atoms with Crippen molar-refractivity contribution in [1.82, 2.24) is 0 Å². The molecule has 0 spiro atoms. The van der Waals surface area contributed by atoms with Gasteiger partial charge in [-0.05, 0) is 19.9 Å². The van der Waals surface area contributed by atoms with Gasteiger partial charge in [0.2, 0.25) is 0 Å². The van der Waals surface area contributed by atoms with Gasteiger partial charge in [0.1, 0.15) is 5.75 Å². The number of anilines is 2. The van der Waals surface area contributed by atoms with E-state index in [0.717, 1.165) is 11.4 Å². The molecular weight excluding hydrogens is 244 g/mol. The highest BCUT2D eigenvalue weighted by Gasteiger charge is 2.10. The van der Waals surface area contributed by atoms with Crippen molar-refractivity contribution >= 4 is 11.4 Å². The van der Waals surface area contributed by atoms with Gasteiger partial charge >= 0.3 is 0 Å². The standard InChI is InChI=1S/C14H24N2O3/c1-10(2)19-14-6-11(15)5-12(7-14)16(3)8-13(17)9-18-4/h5-7,10,13,17H,8-9,15H2,1-4H3. The second kappa shape index (κ2) is 7.21. The van der Waals surface area contributed by atoms with E-state index in [0.29, 0.717) is 18.8 Å². The molecule has 19 heavy (non-hydrogen) atoms. The Morgan fingerprint density at radius 2 is 2.00 bits per heavy atom. The van der Waals surface area contributed by atoms with Crippen LogP contribution in [0.2, 0.25) is 0 Å². The van der Waals surface area contributed by atoms with Crippen molar-refractivity contribution in [2.75, 3.05) is 37.9 Å². The summed E-state index contributed by atoms with van der Waals surface area (Å²) in [7, 11) is 3.46. The van der Waals surface area contributed by atoms with E-state index in [4.69, 9.17) is 15.2 Å². The SMILES string of the molecule is COCC(O)CN(C)c1cc(N)cc(OC(C)C)c1. The molecule has 0 saturated heterocycles. The molecule has 108 valence electrons. The zero-order valence-corrected chi connectivity index (χ0v) is 12.1. The zero-order chi connectivity index (χ0) is 14.4. The summed E-state index contributed by atoms with van der Waals surface area (Å²) in [5.74, 6) is 0.734. The summed E-state index contributed by atoms with van der Waals surface area (Å²) < 4.78 is 10.6. The molecular formula is C14H24N2O3. The molecule has 1 aromatic carbocycles. The van der Waals surface area contributed by atoms with Gasteiger partial charge in [0.15, 0.2) is 0 Å². The molecule has 0 aliphatic heterocycles. The van der Waals surface area contributed by atoms with E-state index in [9.17, 15) is 5.11 Å². The van der Waals surface area contributed by atoms with E-state index >= 15 is 0 Å². The van der Waals surface area contributed by atoms with Gasteiger partial charge in [0.25, 0.3) is 0 Å². The van der Waals surface area contributed by atoms with Crippen molar-refractivity contribution in [3.63, 3.8) is 0 Å². The van der Waals surface area contributed by atoms with Crippen molar-refractivity contribution in [1.29, 1.82) is 0 Å². The van der Waals surface area contributed by atoms with Crippen LogP contribution in [-0.4, -0.2) is 44.6 Å². The number of aliphatic hydroxyl groups excluding tert-OH is 1. The van der Waals surface area contributed by atoms with Crippen LogP contribution in [0.15, 0.2) is 18.2 Å². The summed E-state index contributed by atoms with van der Waals surface area (Å²) in [6.45, 7) is 4.71. The highest BCUT2D eigenvalue weighted by Crippen LogP contribution is 2.25. The van der Waals surface area contributed by atoms with E-state index in [1.54, 1.807) is 13.2 Å². The normalized spacial score (nSPS) is 12.5. The second-order valence-corrected chi connectivity index (χ2v) is 4.92. The summed E-state index contributed by atoms with van der Waals surface area (Å²) in [6, 6.07) is 5.56. The average molecular weight is 268 g/mol. The maximum atomic E-state index is 9.74. The predicted molar refractivity (Wildman–Crippen MR) is 77.8 cm³/mol. The molecule has 0 radical (unpaired) electrons. The van der Waals surface area contributed by atoms with Crippen LogP contribution < -0.4 is 15.4 Å². The number of rotatable bonds is 7. The van der Waals surface area contributed by atoms with Crippen molar-refractivity contribution in [3.05, 3.63) is 18.2 Å². The number of benzene rings is 1. The van der Waals surface area contributed by atoms with Crippen molar-refractivity contribution < 1.29 is 14.6 Å². The van der Waals surface area contributed by atoms with Crippen molar-refractivity contribution in [2.24, 2.45) is 0 Å². The first-order chi connectivity index (χ1) is 8.92. The minimum Gasteiger partial charge on any atom is -0.491 e. The predicted octanol–water partition coefficient (Wildman–Crippen LogP) is 1.50. The van der Waals surface area contributed by atoms with Gasteiger partial charge in [-0.25, -0.2) is 0 Å². The molecule has 0 bridgehead atoms. The Morgan fingerprint density at radius 1 is 1.32 bits per heavy atom. The van der Waals surface area contributed by atoms with Crippen molar-refractivity contribution in [3.8, 4) is 5.75 Å². The Hall–Kier alpha value is -1.46. The average Bonchev–Trinajstić information content (AvgIpc) is 2.27. The van der Waals surface area contributed by atoms with E-state index in [2.05, 4.69) is 0 Å².